The summed E-state index contributed by atoms with van der Waals surface area (Å²) in [7, 11) is 0. The SMILES string of the molecule is O=C(Nc1c(Cl)cc(C(F)(CF)C(F)(F)F)cc1Br)c1cccc([N+](=O)[O-])c1F. The Bertz CT molecular complexity index is 965. The highest BCUT2D eigenvalue weighted by Gasteiger charge is 2.58. The van der Waals surface area contributed by atoms with Gasteiger partial charge >= 0.3 is 11.9 Å². The normalized spacial score (nSPS) is 13.7. The van der Waals surface area contributed by atoms with Gasteiger partial charge in [0, 0.05) is 16.1 Å². The molecule has 2 aromatic carbocycles. The maximum absolute atomic E-state index is 14.2. The van der Waals surface area contributed by atoms with Gasteiger partial charge in [-0.3, -0.25) is 14.9 Å². The van der Waals surface area contributed by atoms with E-state index < -0.39 is 57.0 Å². The fourth-order valence-electron chi connectivity index (χ4n) is 2.25. The van der Waals surface area contributed by atoms with Crippen molar-refractivity contribution in [1.29, 1.82) is 0 Å². The molecule has 2 aromatic rings. The lowest BCUT2D eigenvalue weighted by Crippen LogP contribution is -2.40. The number of alkyl halides is 5. The molecule has 0 saturated heterocycles. The Balaban J connectivity index is 2.45. The highest BCUT2D eigenvalue weighted by atomic mass is 79.9. The van der Waals surface area contributed by atoms with E-state index >= 15 is 0 Å². The monoisotopic (exact) mass is 504 g/mol. The van der Waals surface area contributed by atoms with Crippen LogP contribution < -0.4 is 5.32 Å². The predicted molar refractivity (Wildman–Crippen MR) is 95.0 cm³/mol. The van der Waals surface area contributed by atoms with Crippen LogP contribution in [0.1, 0.15) is 15.9 Å². The van der Waals surface area contributed by atoms with Crippen molar-refractivity contribution in [3.63, 3.8) is 0 Å². The average molecular weight is 506 g/mol. The molecular weight excluding hydrogens is 498 g/mol. The quantitative estimate of drug-likeness (QED) is 0.303. The summed E-state index contributed by atoms with van der Waals surface area (Å²) in [5.41, 5.74) is -7.61. The summed E-state index contributed by atoms with van der Waals surface area (Å²) in [6, 6.07) is 3.79. The van der Waals surface area contributed by atoms with Crippen LogP contribution >= 0.6 is 27.5 Å². The van der Waals surface area contributed by atoms with E-state index in [1.165, 1.54) is 0 Å². The van der Waals surface area contributed by atoms with Gasteiger partial charge in [-0.1, -0.05) is 17.7 Å². The van der Waals surface area contributed by atoms with E-state index in [2.05, 4.69) is 21.2 Å². The number of nitro benzene ring substituents is 1. The maximum atomic E-state index is 14.2. The van der Waals surface area contributed by atoms with Gasteiger partial charge in [-0.2, -0.15) is 17.6 Å². The lowest BCUT2D eigenvalue weighted by Gasteiger charge is -2.26. The summed E-state index contributed by atoms with van der Waals surface area (Å²) < 4.78 is 79.4. The van der Waals surface area contributed by atoms with Crippen LogP contribution in [0.5, 0.6) is 0 Å². The van der Waals surface area contributed by atoms with Crippen molar-refractivity contribution < 1.29 is 36.1 Å². The van der Waals surface area contributed by atoms with Gasteiger partial charge in [0.15, 0.2) is 0 Å². The van der Waals surface area contributed by atoms with Gasteiger partial charge in [-0.15, -0.1) is 0 Å². The van der Waals surface area contributed by atoms with Crippen molar-refractivity contribution >= 4 is 44.8 Å². The van der Waals surface area contributed by atoms with Crippen LogP contribution in [-0.2, 0) is 5.67 Å². The first-order valence-corrected chi connectivity index (χ1v) is 8.56. The minimum Gasteiger partial charge on any atom is -0.320 e. The second-order valence-electron chi connectivity index (χ2n) is 5.60. The van der Waals surface area contributed by atoms with Crippen molar-refractivity contribution in [3.8, 4) is 0 Å². The summed E-state index contributed by atoms with van der Waals surface area (Å²) in [5.74, 6) is -2.66. The van der Waals surface area contributed by atoms with Crippen molar-refractivity contribution in [2.45, 2.75) is 11.8 Å². The van der Waals surface area contributed by atoms with Gasteiger partial charge in [-0.25, -0.2) is 8.78 Å². The number of nitro groups is 1. The second kappa shape index (κ2) is 8.19. The molecule has 1 N–H and O–H groups in total. The number of hydrogen-bond donors (Lipinski definition) is 1. The predicted octanol–water partition coefficient (Wildman–Crippen LogP) is 6.10. The van der Waals surface area contributed by atoms with Crippen molar-refractivity contribution in [2.75, 3.05) is 12.0 Å². The summed E-state index contributed by atoms with van der Waals surface area (Å²) in [5, 5.41) is 12.2. The first-order valence-electron chi connectivity index (χ1n) is 7.39. The number of benzene rings is 2. The molecule has 0 bridgehead atoms. The van der Waals surface area contributed by atoms with E-state index in [1.54, 1.807) is 0 Å². The maximum Gasteiger partial charge on any atom is 0.429 e. The molecule has 0 aliphatic carbocycles. The molecule has 0 spiro atoms. The Kier molecular flexibility index (Phi) is 6.48. The van der Waals surface area contributed by atoms with Gasteiger partial charge in [0.05, 0.1) is 21.2 Å². The zero-order chi connectivity index (χ0) is 22.1. The Morgan fingerprint density at radius 3 is 2.34 bits per heavy atom. The molecule has 0 saturated carbocycles. The number of halogens is 8. The third-order valence-corrected chi connectivity index (χ3v) is 4.71. The number of carbonyl (C=O) groups is 1. The van der Waals surface area contributed by atoms with E-state index in [0.29, 0.717) is 12.1 Å². The number of nitrogens with one attached hydrogen (secondary N) is 1. The second-order valence-corrected chi connectivity index (χ2v) is 6.86. The number of amides is 1. The Morgan fingerprint density at radius 1 is 1.24 bits per heavy atom. The molecule has 0 heterocycles. The molecule has 13 heteroatoms. The zero-order valence-electron chi connectivity index (χ0n) is 13.8. The van der Waals surface area contributed by atoms with Gasteiger partial charge in [0.2, 0.25) is 5.82 Å². The Hall–Kier alpha value is -2.34. The fourth-order valence-corrected chi connectivity index (χ4v) is 3.19. The van der Waals surface area contributed by atoms with Crippen molar-refractivity contribution in [1.82, 2.24) is 0 Å². The van der Waals surface area contributed by atoms with Crippen LogP contribution in [0.4, 0.5) is 37.7 Å². The Labute approximate surface area is 171 Å². The van der Waals surface area contributed by atoms with Gasteiger partial charge < -0.3 is 5.32 Å². The van der Waals surface area contributed by atoms with Crippen LogP contribution in [0.15, 0.2) is 34.8 Å². The number of hydrogen-bond acceptors (Lipinski definition) is 3. The summed E-state index contributed by atoms with van der Waals surface area (Å²) in [6.45, 7) is -2.41. The molecule has 0 radical (unpaired) electrons. The summed E-state index contributed by atoms with van der Waals surface area (Å²) in [4.78, 5) is 21.9. The van der Waals surface area contributed by atoms with Gasteiger partial charge in [0.1, 0.15) is 6.67 Å². The molecule has 1 amide bonds. The smallest absolute Gasteiger partial charge is 0.320 e. The fraction of sp³-hybridized carbons (Fsp3) is 0.188. The van der Waals surface area contributed by atoms with Crippen LogP contribution in [0.3, 0.4) is 0 Å². The van der Waals surface area contributed by atoms with Crippen LogP contribution in [-0.4, -0.2) is 23.7 Å². The highest BCUT2D eigenvalue weighted by molar-refractivity contribution is 9.10. The number of anilines is 1. The summed E-state index contributed by atoms with van der Waals surface area (Å²) in [6.07, 6.45) is -5.58. The van der Waals surface area contributed by atoms with Gasteiger partial charge in [0.25, 0.3) is 11.6 Å². The molecule has 0 aliphatic heterocycles. The lowest BCUT2D eigenvalue weighted by atomic mass is 9.96. The molecular formula is C16H8BrClF6N2O3. The Morgan fingerprint density at radius 2 is 1.86 bits per heavy atom. The number of rotatable bonds is 5. The molecule has 0 aromatic heterocycles. The van der Waals surface area contributed by atoms with Crippen LogP contribution in [0.25, 0.3) is 0 Å². The van der Waals surface area contributed by atoms with E-state index in [0.717, 1.165) is 18.2 Å². The van der Waals surface area contributed by atoms with E-state index in [9.17, 15) is 41.3 Å². The van der Waals surface area contributed by atoms with Crippen molar-refractivity contribution in [3.05, 3.63) is 66.9 Å². The molecule has 156 valence electrons. The molecule has 5 nitrogen and oxygen atoms in total. The van der Waals surface area contributed by atoms with Crippen molar-refractivity contribution in [2.24, 2.45) is 0 Å². The van der Waals surface area contributed by atoms with Gasteiger partial charge in [-0.05, 0) is 34.1 Å². The van der Waals surface area contributed by atoms with Crippen LogP contribution in [0.2, 0.25) is 5.02 Å². The molecule has 2 rings (SSSR count). The molecule has 1 unspecified atom stereocenters. The standard InChI is InChI=1S/C16H8BrClF6N2O3/c17-9-4-7(15(21,6-19)16(22,23)24)5-10(18)13(9)25-14(27)8-2-1-3-11(12(8)20)26(28)29/h1-5H,6H2,(H,25,27). The average Bonchev–Trinajstić information content (AvgIpc) is 2.62. The largest absolute Gasteiger partial charge is 0.429 e. The lowest BCUT2D eigenvalue weighted by molar-refractivity contribution is -0.387. The topological polar surface area (TPSA) is 72.2 Å². The highest BCUT2D eigenvalue weighted by Crippen LogP contribution is 2.46. The van der Waals surface area contributed by atoms with E-state index in [1.807, 2.05) is 0 Å². The molecule has 0 aliphatic rings. The third kappa shape index (κ3) is 4.32. The number of carbonyl (C=O) groups excluding carboxylic acids is 1. The molecule has 0 fully saturated rings. The minimum absolute atomic E-state index is 0.362. The molecule has 1 atom stereocenters. The summed E-state index contributed by atoms with van der Waals surface area (Å²) >= 11 is 8.58. The zero-order valence-corrected chi connectivity index (χ0v) is 16.1. The van der Waals surface area contributed by atoms with Crippen LogP contribution in [0, 0.1) is 15.9 Å². The number of nitrogens with zero attached hydrogens (tertiary/aromatic N) is 1. The first-order chi connectivity index (χ1) is 13.3. The third-order valence-electron chi connectivity index (χ3n) is 3.79. The first kappa shape index (κ1) is 22.9. The van der Waals surface area contributed by atoms with E-state index in [4.69, 9.17) is 11.6 Å². The molecule has 29 heavy (non-hydrogen) atoms. The van der Waals surface area contributed by atoms with E-state index in [-0.39, 0.29) is 10.2 Å². The minimum atomic E-state index is -5.58.